The fourth-order valence-corrected chi connectivity index (χ4v) is 2.16. The van der Waals surface area contributed by atoms with Crippen LogP contribution < -0.4 is 10.5 Å². The summed E-state index contributed by atoms with van der Waals surface area (Å²) in [4.78, 5) is 0. The van der Waals surface area contributed by atoms with Crippen LogP contribution in [0.15, 0.2) is 12.1 Å². The molecule has 76 valence electrons. The fourth-order valence-electron chi connectivity index (χ4n) is 2.16. The van der Waals surface area contributed by atoms with Crippen LogP contribution in [0.25, 0.3) is 0 Å². The minimum atomic E-state index is 0.0496. The summed E-state index contributed by atoms with van der Waals surface area (Å²) in [5.41, 5.74) is 9.75. The molecule has 0 fully saturated rings. The standard InChI is InChI=1S/C12H17NO/c1-4-10-11(13)9-6-7(2)5-8(3)12(9)14-10/h5-6,10-11H,4,13H2,1-3H3. The maximum Gasteiger partial charge on any atom is 0.127 e. The largest absolute Gasteiger partial charge is 0.488 e. The van der Waals surface area contributed by atoms with E-state index in [0.29, 0.717) is 0 Å². The van der Waals surface area contributed by atoms with Gasteiger partial charge in [0.2, 0.25) is 0 Å². The molecule has 1 heterocycles. The van der Waals surface area contributed by atoms with Crippen LogP contribution in [0.1, 0.15) is 36.1 Å². The molecule has 0 aromatic heterocycles. The van der Waals surface area contributed by atoms with E-state index in [2.05, 4.69) is 32.9 Å². The van der Waals surface area contributed by atoms with Gasteiger partial charge in [-0.2, -0.15) is 0 Å². The summed E-state index contributed by atoms with van der Waals surface area (Å²) in [5, 5.41) is 0. The first-order valence-corrected chi connectivity index (χ1v) is 5.17. The summed E-state index contributed by atoms with van der Waals surface area (Å²) in [6.45, 7) is 6.29. The van der Waals surface area contributed by atoms with Crippen LogP contribution in [0.5, 0.6) is 5.75 Å². The van der Waals surface area contributed by atoms with Gasteiger partial charge in [0.15, 0.2) is 0 Å². The van der Waals surface area contributed by atoms with Gasteiger partial charge in [0, 0.05) is 5.56 Å². The van der Waals surface area contributed by atoms with E-state index in [1.54, 1.807) is 0 Å². The second-order valence-electron chi connectivity index (χ2n) is 4.09. The Kier molecular flexibility index (Phi) is 2.23. The number of fused-ring (bicyclic) bond motifs is 1. The minimum absolute atomic E-state index is 0.0496. The van der Waals surface area contributed by atoms with Gasteiger partial charge in [0.05, 0.1) is 6.04 Å². The fraction of sp³-hybridized carbons (Fsp3) is 0.500. The van der Waals surface area contributed by atoms with E-state index in [0.717, 1.165) is 12.2 Å². The van der Waals surface area contributed by atoms with Crippen LogP contribution in [0.4, 0.5) is 0 Å². The molecular formula is C12H17NO. The van der Waals surface area contributed by atoms with Crippen molar-refractivity contribution in [1.82, 2.24) is 0 Å². The zero-order chi connectivity index (χ0) is 10.3. The molecule has 0 radical (unpaired) electrons. The lowest BCUT2D eigenvalue weighted by Crippen LogP contribution is -2.24. The van der Waals surface area contributed by atoms with E-state index in [4.69, 9.17) is 10.5 Å². The Balaban J connectivity index is 2.48. The van der Waals surface area contributed by atoms with Crippen LogP contribution in [-0.2, 0) is 0 Å². The molecule has 1 aromatic carbocycles. The summed E-state index contributed by atoms with van der Waals surface area (Å²) in [6.07, 6.45) is 1.12. The molecule has 2 nitrogen and oxygen atoms in total. The van der Waals surface area contributed by atoms with Gasteiger partial charge in [-0.25, -0.2) is 0 Å². The van der Waals surface area contributed by atoms with Gasteiger partial charge in [-0.15, -0.1) is 0 Å². The molecule has 0 saturated carbocycles. The molecule has 0 amide bonds. The molecule has 1 aliphatic rings. The van der Waals surface area contributed by atoms with Crippen molar-refractivity contribution in [2.45, 2.75) is 39.3 Å². The van der Waals surface area contributed by atoms with Gasteiger partial charge in [0.1, 0.15) is 11.9 Å². The molecule has 2 heteroatoms. The van der Waals surface area contributed by atoms with Gasteiger partial charge >= 0.3 is 0 Å². The molecular weight excluding hydrogens is 174 g/mol. The van der Waals surface area contributed by atoms with Gasteiger partial charge in [-0.3, -0.25) is 0 Å². The molecule has 2 unspecified atom stereocenters. The predicted molar refractivity (Wildman–Crippen MR) is 57.6 cm³/mol. The minimum Gasteiger partial charge on any atom is -0.488 e. The quantitative estimate of drug-likeness (QED) is 0.740. The van der Waals surface area contributed by atoms with E-state index in [-0.39, 0.29) is 12.1 Å². The first-order chi connectivity index (χ1) is 6.63. The van der Waals surface area contributed by atoms with E-state index in [1.807, 2.05) is 0 Å². The second kappa shape index (κ2) is 3.28. The van der Waals surface area contributed by atoms with E-state index < -0.39 is 0 Å². The summed E-state index contributed by atoms with van der Waals surface area (Å²) in [7, 11) is 0. The molecule has 0 aliphatic carbocycles. The van der Waals surface area contributed by atoms with E-state index in [9.17, 15) is 0 Å². The number of hydrogen-bond acceptors (Lipinski definition) is 2. The van der Waals surface area contributed by atoms with Crippen molar-refractivity contribution in [2.24, 2.45) is 5.73 Å². The Morgan fingerprint density at radius 1 is 1.36 bits per heavy atom. The maximum absolute atomic E-state index is 6.11. The highest BCUT2D eigenvalue weighted by molar-refractivity contribution is 5.48. The molecule has 2 N–H and O–H groups in total. The van der Waals surface area contributed by atoms with Crippen molar-refractivity contribution in [1.29, 1.82) is 0 Å². The molecule has 1 aliphatic heterocycles. The number of benzene rings is 1. The maximum atomic E-state index is 6.11. The zero-order valence-corrected chi connectivity index (χ0v) is 9.00. The Morgan fingerprint density at radius 3 is 2.71 bits per heavy atom. The summed E-state index contributed by atoms with van der Waals surface area (Å²) in [5.74, 6) is 1.01. The first kappa shape index (κ1) is 9.53. The molecule has 1 aromatic rings. The van der Waals surface area contributed by atoms with Crippen LogP contribution in [0, 0.1) is 13.8 Å². The Labute approximate surface area is 85.1 Å². The number of ether oxygens (including phenoxy) is 1. The number of nitrogens with two attached hydrogens (primary N) is 1. The summed E-state index contributed by atoms with van der Waals surface area (Å²) < 4.78 is 5.83. The van der Waals surface area contributed by atoms with Crippen molar-refractivity contribution < 1.29 is 4.74 Å². The Bertz CT molecular complexity index is 360. The molecule has 0 saturated heterocycles. The summed E-state index contributed by atoms with van der Waals surface area (Å²) in [6, 6.07) is 4.33. The van der Waals surface area contributed by atoms with E-state index >= 15 is 0 Å². The highest BCUT2D eigenvalue weighted by atomic mass is 16.5. The Morgan fingerprint density at radius 2 is 2.07 bits per heavy atom. The van der Waals surface area contributed by atoms with Crippen LogP contribution in [-0.4, -0.2) is 6.10 Å². The lowest BCUT2D eigenvalue weighted by Gasteiger charge is -2.11. The number of hydrogen-bond donors (Lipinski definition) is 1. The van der Waals surface area contributed by atoms with Gasteiger partial charge in [-0.05, 0) is 25.8 Å². The first-order valence-electron chi connectivity index (χ1n) is 5.17. The molecule has 0 spiro atoms. The van der Waals surface area contributed by atoms with Crippen LogP contribution >= 0.6 is 0 Å². The SMILES string of the molecule is CCC1Oc2c(C)cc(C)cc2C1N. The molecule has 2 rings (SSSR count). The number of rotatable bonds is 1. The third kappa shape index (κ3) is 1.30. The molecule has 2 atom stereocenters. The monoisotopic (exact) mass is 191 g/mol. The van der Waals surface area contributed by atoms with Crippen molar-refractivity contribution in [3.05, 3.63) is 28.8 Å². The summed E-state index contributed by atoms with van der Waals surface area (Å²) >= 11 is 0. The third-order valence-electron chi connectivity index (χ3n) is 2.88. The zero-order valence-electron chi connectivity index (χ0n) is 9.00. The lowest BCUT2D eigenvalue weighted by molar-refractivity contribution is 0.201. The smallest absolute Gasteiger partial charge is 0.127 e. The van der Waals surface area contributed by atoms with Gasteiger partial charge in [-0.1, -0.05) is 24.6 Å². The normalized spacial score (nSPS) is 24.6. The molecule has 0 bridgehead atoms. The van der Waals surface area contributed by atoms with Crippen LogP contribution in [0.2, 0.25) is 0 Å². The Hall–Kier alpha value is -1.02. The average Bonchev–Trinajstić information content (AvgIpc) is 2.44. The molecule has 14 heavy (non-hydrogen) atoms. The predicted octanol–water partition coefficient (Wildman–Crippen LogP) is 2.47. The van der Waals surface area contributed by atoms with Crippen molar-refractivity contribution >= 4 is 0 Å². The number of aryl methyl sites for hydroxylation is 2. The topological polar surface area (TPSA) is 35.2 Å². The van der Waals surface area contributed by atoms with Crippen molar-refractivity contribution in [2.75, 3.05) is 0 Å². The highest BCUT2D eigenvalue weighted by Gasteiger charge is 2.31. The third-order valence-corrected chi connectivity index (χ3v) is 2.88. The highest BCUT2D eigenvalue weighted by Crippen LogP contribution is 2.39. The lowest BCUT2D eigenvalue weighted by atomic mass is 9.99. The van der Waals surface area contributed by atoms with Crippen molar-refractivity contribution in [3.63, 3.8) is 0 Å². The van der Waals surface area contributed by atoms with Gasteiger partial charge in [0.25, 0.3) is 0 Å². The van der Waals surface area contributed by atoms with Gasteiger partial charge < -0.3 is 10.5 Å². The second-order valence-corrected chi connectivity index (χ2v) is 4.09. The van der Waals surface area contributed by atoms with E-state index in [1.165, 1.54) is 16.7 Å². The van der Waals surface area contributed by atoms with Crippen LogP contribution in [0.3, 0.4) is 0 Å². The van der Waals surface area contributed by atoms with Crippen molar-refractivity contribution in [3.8, 4) is 5.75 Å². The average molecular weight is 191 g/mol.